The summed E-state index contributed by atoms with van der Waals surface area (Å²) in [6, 6.07) is 16.5. The van der Waals surface area contributed by atoms with Crippen LogP contribution in [0.2, 0.25) is 0 Å². The lowest BCUT2D eigenvalue weighted by Crippen LogP contribution is -1.76. The summed E-state index contributed by atoms with van der Waals surface area (Å²) in [5.41, 5.74) is 4.68. The Morgan fingerprint density at radius 3 is 2.22 bits per heavy atom. The van der Waals surface area contributed by atoms with E-state index in [4.69, 9.17) is 0 Å². The molecule has 0 saturated heterocycles. The second-order valence-corrected chi connectivity index (χ2v) is 4.39. The first-order chi connectivity index (χ1) is 8.74. The first-order valence-corrected chi connectivity index (χ1v) is 6.08. The third-order valence-electron chi connectivity index (χ3n) is 2.60. The second kappa shape index (κ2) is 5.97. The van der Waals surface area contributed by atoms with E-state index in [-0.39, 0.29) is 0 Å². The van der Waals surface area contributed by atoms with E-state index >= 15 is 0 Å². The van der Waals surface area contributed by atoms with Gasteiger partial charge in [0.05, 0.1) is 5.69 Å². The Hall–Kier alpha value is -2.15. The molecule has 0 unspecified atom stereocenters. The van der Waals surface area contributed by atoms with Gasteiger partial charge < -0.3 is 0 Å². The number of allylic oxidation sites excluding steroid dienone is 1. The van der Waals surface area contributed by atoms with Gasteiger partial charge in [-0.3, -0.25) is 4.99 Å². The average Bonchev–Trinajstić information content (AvgIpc) is 2.35. The molecule has 18 heavy (non-hydrogen) atoms. The third-order valence-corrected chi connectivity index (χ3v) is 2.60. The van der Waals surface area contributed by atoms with Gasteiger partial charge >= 0.3 is 0 Å². The van der Waals surface area contributed by atoms with Crippen molar-refractivity contribution in [3.05, 3.63) is 71.3 Å². The van der Waals surface area contributed by atoms with E-state index in [1.807, 2.05) is 36.6 Å². The topological polar surface area (TPSA) is 12.4 Å². The summed E-state index contributed by atoms with van der Waals surface area (Å²) in [7, 11) is 0. The highest BCUT2D eigenvalue weighted by Gasteiger charge is 1.91. The number of benzene rings is 2. The van der Waals surface area contributed by atoms with Gasteiger partial charge in [0.1, 0.15) is 0 Å². The van der Waals surface area contributed by atoms with Crippen molar-refractivity contribution in [1.29, 1.82) is 0 Å². The second-order valence-electron chi connectivity index (χ2n) is 4.39. The van der Waals surface area contributed by atoms with Gasteiger partial charge in [0.25, 0.3) is 0 Å². The lowest BCUT2D eigenvalue weighted by molar-refractivity contribution is 1.36. The summed E-state index contributed by atoms with van der Waals surface area (Å²) in [4.78, 5) is 4.43. The van der Waals surface area contributed by atoms with Crippen molar-refractivity contribution in [2.24, 2.45) is 4.99 Å². The Balaban J connectivity index is 2.05. The summed E-state index contributed by atoms with van der Waals surface area (Å²) in [5, 5.41) is 0. The minimum absolute atomic E-state index is 1.00. The van der Waals surface area contributed by atoms with Crippen LogP contribution in [0.4, 0.5) is 5.69 Å². The molecule has 0 aromatic heterocycles. The minimum Gasteiger partial charge on any atom is -0.257 e. The van der Waals surface area contributed by atoms with Gasteiger partial charge in [0.2, 0.25) is 0 Å². The van der Waals surface area contributed by atoms with Gasteiger partial charge in [-0.15, -0.1) is 0 Å². The Labute approximate surface area is 109 Å². The molecule has 0 heterocycles. The molecule has 0 N–H and O–H groups in total. The Morgan fingerprint density at radius 1 is 0.889 bits per heavy atom. The molecule has 90 valence electrons. The quantitative estimate of drug-likeness (QED) is 0.683. The van der Waals surface area contributed by atoms with Crippen molar-refractivity contribution in [2.75, 3.05) is 0 Å². The maximum absolute atomic E-state index is 4.43. The molecule has 0 aliphatic carbocycles. The van der Waals surface area contributed by atoms with Crippen molar-refractivity contribution in [1.82, 2.24) is 0 Å². The van der Waals surface area contributed by atoms with Crippen LogP contribution in [0.3, 0.4) is 0 Å². The Kier molecular flexibility index (Phi) is 4.08. The van der Waals surface area contributed by atoms with Gasteiger partial charge in [-0.25, -0.2) is 0 Å². The molecule has 0 aliphatic rings. The molecule has 0 spiro atoms. The molecule has 2 aromatic rings. The van der Waals surface area contributed by atoms with E-state index in [1.54, 1.807) is 0 Å². The van der Waals surface area contributed by atoms with Crippen LogP contribution in [-0.2, 0) is 0 Å². The van der Waals surface area contributed by atoms with Crippen LogP contribution in [-0.4, -0.2) is 6.21 Å². The number of hydrogen-bond donors (Lipinski definition) is 0. The maximum Gasteiger partial charge on any atom is 0.0634 e. The van der Waals surface area contributed by atoms with Crippen LogP contribution in [0, 0.1) is 13.8 Å². The van der Waals surface area contributed by atoms with Crippen molar-refractivity contribution >= 4 is 18.0 Å². The zero-order valence-corrected chi connectivity index (χ0v) is 10.8. The number of aryl methyl sites for hydroxylation is 2. The number of hydrogen-bond acceptors (Lipinski definition) is 1. The first kappa shape index (κ1) is 12.3. The van der Waals surface area contributed by atoms with Crippen molar-refractivity contribution in [3.63, 3.8) is 0 Å². The maximum atomic E-state index is 4.43. The van der Waals surface area contributed by atoms with E-state index < -0.39 is 0 Å². The highest BCUT2D eigenvalue weighted by Crippen LogP contribution is 2.16. The third kappa shape index (κ3) is 3.70. The highest BCUT2D eigenvalue weighted by atomic mass is 14.7. The van der Waals surface area contributed by atoms with Crippen molar-refractivity contribution in [2.45, 2.75) is 13.8 Å². The predicted molar refractivity (Wildman–Crippen MR) is 79.5 cm³/mol. The van der Waals surface area contributed by atoms with Gasteiger partial charge in [0, 0.05) is 6.21 Å². The Morgan fingerprint density at radius 2 is 1.56 bits per heavy atom. The molecule has 2 rings (SSSR count). The smallest absolute Gasteiger partial charge is 0.0634 e. The molecule has 0 saturated carbocycles. The molecular formula is C17H17N. The molecular weight excluding hydrogens is 218 g/mol. The van der Waals surface area contributed by atoms with Crippen LogP contribution in [0.1, 0.15) is 16.7 Å². The van der Waals surface area contributed by atoms with Gasteiger partial charge in [0.15, 0.2) is 0 Å². The summed E-state index contributed by atoms with van der Waals surface area (Å²) in [5.74, 6) is 0. The fourth-order valence-electron chi connectivity index (χ4n) is 1.87. The molecule has 0 amide bonds. The van der Waals surface area contributed by atoms with Crippen LogP contribution < -0.4 is 0 Å². The van der Waals surface area contributed by atoms with Gasteiger partial charge in [-0.05, 0) is 48.7 Å². The molecule has 2 aromatic carbocycles. The van der Waals surface area contributed by atoms with Gasteiger partial charge in [-0.1, -0.05) is 42.5 Å². The molecule has 0 aliphatic heterocycles. The van der Waals surface area contributed by atoms with Crippen LogP contribution >= 0.6 is 0 Å². The molecule has 0 fully saturated rings. The molecule has 0 atom stereocenters. The summed E-state index contributed by atoms with van der Waals surface area (Å²) >= 11 is 0. The summed E-state index contributed by atoms with van der Waals surface area (Å²) in [6.45, 7) is 4.18. The average molecular weight is 235 g/mol. The standard InChI is InChI=1S/C17H17N/c1-14-11-15(2)13-17(12-14)18-10-6-9-16-7-4-3-5-8-16/h3-13H,1-2H3. The number of rotatable bonds is 3. The predicted octanol–water partition coefficient (Wildman–Crippen LogP) is 4.72. The first-order valence-electron chi connectivity index (χ1n) is 6.08. The summed E-state index contributed by atoms with van der Waals surface area (Å²) < 4.78 is 0. The highest BCUT2D eigenvalue weighted by molar-refractivity contribution is 5.80. The van der Waals surface area contributed by atoms with E-state index in [0.717, 1.165) is 5.69 Å². The SMILES string of the molecule is Cc1cc(C)cc(N=CC=Cc2ccccc2)c1. The fraction of sp³-hybridized carbons (Fsp3) is 0.118. The van der Waals surface area contributed by atoms with E-state index in [1.165, 1.54) is 16.7 Å². The number of nitrogens with zero attached hydrogens (tertiary/aromatic N) is 1. The lowest BCUT2D eigenvalue weighted by Gasteiger charge is -1.98. The largest absolute Gasteiger partial charge is 0.257 e. The van der Waals surface area contributed by atoms with Gasteiger partial charge in [-0.2, -0.15) is 0 Å². The monoisotopic (exact) mass is 235 g/mol. The van der Waals surface area contributed by atoms with E-state index in [0.29, 0.717) is 0 Å². The van der Waals surface area contributed by atoms with E-state index in [2.05, 4.69) is 49.2 Å². The Bertz CT molecular complexity index is 545. The summed E-state index contributed by atoms with van der Waals surface area (Å²) in [6.07, 6.45) is 5.85. The zero-order valence-electron chi connectivity index (χ0n) is 10.8. The molecule has 1 heteroatoms. The molecule has 0 bridgehead atoms. The molecule has 1 nitrogen and oxygen atoms in total. The molecule has 0 radical (unpaired) electrons. The fourth-order valence-corrected chi connectivity index (χ4v) is 1.87. The normalized spacial score (nSPS) is 11.4. The van der Waals surface area contributed by atoms with Crippen molar-refractivity contribution < 1.29 is 0 Å². The van der Waals surface area contributed by atoms with Crippen LogP contribution in [0.15, 0.2) is 59.6 Å². The zero-order chi connectivity index (χ0) is 12.8. The number of aliphatic imine (C=N–C) groups is 1. The van der Waals surface area contributed by atoms with E-state index in [9.17, 15) is 0 Å². The lowest BCUT2D eigenvalue weighted by atomic mass is 10.1. The minimum atomic E-state index is 1.00. The van der Waals surface area contributed by atoms with Crippen LogP contribution in [0.25, 0.3) is 6.08 Å². The van der Waals surface area contributed by atoms with Crippen molar-refractivity contribution in [3.8, 4) is 0 Å². The van der Waals surface area contributed by atoms with Crippen LogP contribution in [0.5, 0.6) is 0 Å².